The number of thiophene rings is 1. The van der Waals surface area contributed by atoms with Crippen molar-refractivity contribution in [3.8, 4) is 0 Å². The third-order valence-electron chi connectivity index (χ3n) is 3.60. The molecule has 3 aromatic rings. The zero-order valence-corrected chi connectivity index (χ0v) is 17.0. The first-order valence-corrected chi connectivity index (χ1v) is 11.9. The van der Waals surface area contributed by atoms with Crippen LogP contribution in [0.5, 0.6) is 0 Å². The molecule has 3 rings (SSSR count). The molecule has 8 nitrogen and oxygen atoms in total. The molecule has 1 amide bonds. The lowest BCUT2D eigenvalue weighted by molar-refractivity contribution is 0.0915. The molecular weight excluding hydrogens is 424 g/mol. The minimum absolute atomic E-state index is 0.0550. The van der Waals surface area contributed by atoms with Gasteiger partial charge in [0.25, 0.3) is 10.0 Å². The Morgan fingerprint density at radius 3 is 2.36 bits per heavy atom. The monoisotopic (exact) mass is 440 g/mol. The second-order valence-electron chi connectivity index (χ2n) is 5.76. The summed E-state index contributed by atoms with van der Waals surface area (Å²) in [7, 11) is -7.53. The van der Waals surface area contributed by atoms with Crippen molar-refractivity contribution in [3.05, 3.63) is 71.0 Å². The van der Waals surface area contributed by atoms with Crippen LogP contribution in [-0.2, 0) is 25.6 Å². The van der Waals surface area contributed by atoms with Crippen LogP contribution in [0.4, 0.5) is 0 Å². The highest BCUT2D eigenvalue weighted by Crippen LogP contribution is 2.20. The molecule has 2 N–H and O–H groups in total. The number of carbonyl (C=O) groups is 1. The zero-order chi connectivity index (χ0) is 20.4. The maximum Gasteiger partial charge on any atom is 0.301 e. The number of nitrogens with one attached hydrogen (secondary N) is 2. The van der Waals surface area contributed by atoms with Gasteiger partial charge in [-0.3, -0.25) is 10.2 Å². The lowest BCUT2D eigenvalue weighted by atomic mass is 10.4. The van der Waals surface area contributed by atoms with Gasteiger partial charge in [0.2, 0.25) is 0 Å². The summed E-state index contributed by atoms with van der Waals surface area (Å²) < 4.78 is 54.2. The summed E-state index contributed by atoms with van der Waals surface area (Å²) in [5.41, 5.74) is 2.04. The Hall–Kier alpha value is -2.47. The Labute approximate surface area is 166 Å². The van der Waals surface area contributed by atoms with Gasteiger partial charge >= 0.3 is 5.91 Å². The van der Waals surface area contributed by atoms with Gasteiger partial charge in [-0.2, -0.15) is 0 Å². The number of furan rings is 1. The number of hydrogen-bond donors (Lipinski definition) is 2. The maximum absolute atomic E-state index is 12.3. The molecule has 2 aromatic heterocycles. The molecule has 0 saturated heterocycles. The molecule has 2 heterocycles. The zero-order valence-electron chi connectivity index (χ0n) is 14.6. The van der Waals surface area contributed by atoms with Gasteiger partial charge in [-0.25, -0.2) is 16.8 Å². The summed E-state index contributed by atoms with van der Waals surface area (Å²) >= 11 is 1.06. The number of hydrogen-bond acceptors (Lipinski definition) is 7. The fourth-order valence-corrected chi connectivity index (χ4v) is 5.65. The number of hydrazine groups is 1. The van der Waals surface area contributed by atoms with Crippen molar-refractivity contribution in [1.82, 2.24) is 10.3 Å². The van der Waals surface area contributed by atoms with E-state index in [0.29, 0.717) is 0 Å². The molecule has 0 aliphatic rings. The van der Waals surface area contributed by atoms with Gasteiger partial charge in [0.15, 0.2) is 15.6 Å². The standard InChI is InChI=1S/C17H16N2O6S3/c1-12-7-10-16(26-12)28(23,24)19-18-17(20)15-9-8-13(25-15)11-27(21,22)14-5-3-2-4-6-14/h2-10,19H,11H2,1H3,(H,18,20). The smallest absolute Gasteiger partial charge is 0.301 e. The van der Waals surface area contributed by atoms with Gasteiger partial charge in [-0.15, -0.1) is 16.2 Å². The van der Waals surface area contributed by atoms with Crippen LogP contribution < -0.4 is 10.3 Å². The average molecular weight is 441 g/mol. The molecule has 0 saturated carbocycles. The lowest BCUT2D eigenvalue weighted by Crippen LogP contribution is -2.41. The van der Waals surface area contributed by atoms with Crippen molar-refractivity contribution < 1.29 is 26.0 Å². The summed E-state index contributed by atoms with van der Waals surface area (Å²) in [6, 6.07) is 13.5. The minimum atomic E-state index is -3.90. The highest BCUT2D eigenvalue weighted by molar-refractivity contribution is 7.91. The first-order chi connectivity index (χ1) is 13.2. The van der Waals surface area contributed by atoms with Crippen LogP contribution in [0, 0.1) is 6.92 Å². The summed E-state index contributed by atoms with van der Waals surface area (Å²) in [5, 5.41) is 0. The molecule has 28 heavy (non-hydrogen) atoms. The largest absolute Gasteiger partial charge is 0.455 e. The quantitative estimate of drug-likeness (QED) is 0.543. The molecule has 0 aliphatic heterocycles. The van der Waals surface area contributed by atoms with Crippen LogP contribution in [0.2, 0.25) is 0 Å². The Kier molecular flexibility index (Phi) is 5.70. The van der Waals surface area contributed by atoms with Gasteiger partial charge < -0.3 is 4.42 Å². The van der Waals surface area contributed by atoms with Gasteiger partial charge in [0, 0.05) is 4.88 Å². The molecular formula is C17H16N2O6S3. The molecule has 0 bridgehead atoms. The summed E-state index contributed by atoms with van der Waals surface area (Å²) in [4.78, 5) is 15.0. The molecule has 0 aliphatic carbocycles. The average Bonchev–Trinajstić information content (AvgIpc) is 3.30. The Morgan fingerprint density at radius 2 is 1.71 bits per heavy atom. The van der Waals surface area contributed by atoms with Crippen molar-refractivity contribution in [1.29, 1.82) is 0 Å². The molecule has 0 unspecified atom stereocenters. The second-order valence-corrected chi connectivity index (χ2v) is 10.9. The normalized spacial score (nSPS) is 12.0. The third-order valence-corrected chi connectivity index (χ3v) is 7.99. The summed E-state index contributed by atoms with van der Waals surface area (Å²) in [6.07, 6.45) is 0. The van der Waals surface area contributed by atoms with Crippen molar-refractivity contribution in [3.63, 3.8) is 0 Å². The molecule has 148 valence electrons. The number of amides is 1. The van der Waals surface area contributed by atoms with Crippen LogP contribution >= 0.6 is 11.3 Å². The van der Waals surface area contributed by atoms with Gasteiger partial charge in [-0.1, -0.05) is 18.2 Å². The highest BCUT2D eigenvalue weighted by Gasteiger charge is 2.21. The maximum atomic E-state index is 12.3. The number of benzene rings is 1. The molecule has 0 atom stereocenters. The second kappa shape index (κ2) is 7.87. The van der Waals surface area contributed by atoms with Crippen molar-refractivity contribution in [2.45, 2.75) is 21.8 Å². The first kappa shape index (κ1) is 20.3. The van der Waals surface area contributed by atoms with E-state index in [1.807, 2.05) is 10.3 Å². The number of sulfone groups is 1. The molecule has 1 aromatic carbocycles. The topological polar surface area (TPSA) is 123 Å². The van der Waals surface area contributed by atoms with E-state index in [4.69, 9.17) is 4.42 Å². The van der Waals surface area contributed by atoms with Crippen molar-refractivity contribution in [2.24, 2.45) is 0 Å². The van der Waals surface area contributed by atoms with E-state index in [2.05, 4.69) is 0 Å². The van der Waals surface area contributed by atoms with E-state index < -0.39 is 31.5 Å². The van der Waals surface area contributed by atoms with Crippen LogP contribution in [0.3, 0.4) is 0 Å². The fourth-order valence-electron chi connectivity index (χ4n) is 2.26. The van der Waals surface area contributed by atoms with Crippen LogP contribution in [0.1, 0.15) is 21.2 Å². The molecule has 11 heteroatoms. The van der Waals surface area contributed by atoms with Crippen molar-refractivity contribution >= 4 is 37.1 Å². The van der Waals surface area contributed by atoms with Gasteiger partial charge in [-0.05, 0) is 43.3 Å². The SMILES string of the molecule is Cc1ccc(S(=O)(=O)NNC(=O)c2ccc(CS(=O)(=O)c3ccccc3)o2)s1. The highest BCUT2D eigenvalue weighted by atomic mass is 32.2. The lowest BCUT2D eigenvalue weighted by Gasteiger charge is -2.05. The number of sulfonamides is 1. The number of carbonyl (C=O) groups excluding carboxylic acids is 1. The predicted molar refractivity (Wildman–Crippen MR) is 103 cm³/mol. The number of aryl methyl sites for hydroxylation is 1. The third kappa shape index (κ3) is 4.68. The minimum Gasteiger partial charge on any atom is -0.455 e. The van der Waals surface area contributed by atoms with E-state index in [1.54, 1.807) is 31.2 Å². The van der Waals surface area contributed by atoms with Crippen LogP contribution in [0.15, 0.2) is 68.1 Å². The Morgan fingerprint density at radius 1 is 1.00 bits per heavy atom. The molecule has 0 radical (unpaired) electrons. The van der Waals surface area contributed by atoms with E-state index in [0.717, 1.165) is 16.2 Å². The number of rotatable bonds is 7. The Bertz CT molecular complexity index is 1190. The first-order valence-electron chi connectivity index (χ1n) is 7.92. The van der Waals surface area contributed by atoms with Crippen LogP contribution in [0.25, 0.3) is 0 Å². The van der Waals surface area contributed by atoms with E-state index in [1.165, 1.54) is 30.3 Å². The predicted octanol–water partition coefficient (Wildman–Crippen LogP) is 2.25. The van der Waals surface area contributed by atoms with Crippen LogP contribution in [-0.4, -0.2) is 22.7 Å². The Balaban J connectivity index is 1.66. The van der Waals surface area contributed by atoms with Gasteiger partial charge in [0.1, 0.15) is 15.7 Å². The molecule has 0 spiro atoms. The summed E-state index contributed by atoms with van der Waals surface area (Å²) in [5.74, 6) is -1.43. The molecule has 0 fully saturated rings. The van der Waals surface area contributed by atoms with Gasteiger partial charge in [0.05, 0.1) is 4.90 Å². The van der Waals surface area contributed by atoms with E-state index in [-0.39, 0.29) is 20.6 Å². The summed E-state index contributed by atoms with van der Waals surface area (Å²) in [6.45, 7) is 1.76. The van der Waals surface area contributed by atoms with E-state index >= 15 is 0 Å². The van der Waals surface area contributed by atoms with E-state index in [9.17, 15) is 21.6 Å². The fraction of sp³-hybridized carbons (Fsp3) is 0.118. The van der Waals surface area contributed by atoms with Crippen molar-refractivity contribution in [2.75, 3.05) is 0 Å².